The summed E-state index contributed by atoms with van der Waals surface area (Å²) in [6.45, 7) is 19.3. The monoisotopic (exact) mass is 1530 g/mol. The van der Waals surface area contributed by atoms with Crippen molar-refractivity contribution < 1.29 is 47.2 Å². The molecule has 3 aliphatic rings. The Morgan fingerprint density at radius 2 is 0.704 bits per heavy atom. The van der Waals surface area contributed by atoms with E-state index in [9.17, 15) is 0 Å². The van der Waals surface area contributed by atoms with Crippen molar-refractivity contribution in [2.45, 2.75) is 66.6 Å². The summed E-state index contributed by atoms with van der Waals surface area (Å²) >= 11 is 13.0. The predicted molar refractivity (Wildman–Crippen MR) is 419 cm³/mol. The number of aryl methyl sites for hydroxylation is 4. The topological polar surface area (TPSA) is 98.8 Å². The van der Waals surface area contributed by atoms with Gasteiger partial charge in [0.05, 0.1) is 59.1 Å². The zero-order valence-electron chi connectivity index (χ0n) is 56.5. The molecule has 0 radical (unpaired) electrons. The largest absolute Gasteiger partial charge is 0.505 e. The van der Waals surface area contributed by atoms with Gasteiger partial charge in [-0.15, -0.1) is 68.0 Å². The zero-order chi connectivity index (χ0) is 68.4. The van der Waals surface area contributed by atoms with E-state index < -0.39 is 0 Å². The van der Waals surface area contributed by atoms with Crippen LogP contribution in [0.1, 0.15) is 49.9 Å². The van der Waals surface area contributed by atoms with Crippen LogP contribution in [0.2, 0.25) is 0 Å². The Labute approximate surface area is 611 Å². The molecule has 6 aromatic heterocycles. The second-order valence-corrected chi connectivity index (χ2v) is 32.3. The summed E-state index contributed by atoms with van der Waals surface area (Å²) in [5, 5.41) is 4.31. The van der Waals surface area contributed by atoms with Crippen LogP contribution in [0.5, 0.6) is 46.0 Å². The maximum absolute atomic E-state index is 6.27. The lowest BCUT2D eigenvalue weighted by Gasteiger charge is -2.32. The molecule has 0 atom stereocenters. The second kappa shape index (κ2) is 29.6. The second-order valence-electron chi connectivity index (χ2n) is 24.5. The van der Waals surface area contributed by atoms with E-state index >= 15 is 0 Å². The average Bonchev–Trinajstić information content (AvgIpc) is 1.62. The molecule has 9 heterocycles. The van der Waals surface area contributed by atoms with Crippen LogP contribution in [0.4, 0.5) is 34.1 Å². The van der Waals surface area contributed by atoms with E-state index in [1.807, 2.05) is 59.9 Å². The van der Waals surface area contributed by atoms with Crippen molar-refractivity contribution in [3.8, 4) is 96.1 Å². The van der Waals surface area contributed by atoms with Crippen molar-refractivity contribution in [1.82, 2.24) is 0 Å². The molecule has 0 amide bonds. The zero-order valence-corrected chi connectivity index (χ0v) is 63.6. The molecule has 0 N–H and O–H groups in total. The van der Waals surface area contributed by atoms with Gasteiger partial charge in [-0.25, -0.2) is 0 Å². The first kappa shape index (κ1) is 68.7. The van der Waals surface area contributed by atoms with Crippen LogP contribution in [0.3, 0.4) is 0 Å². The number of anilines is 6. The number of methoxy groups -OCH3 is 4. The molecular weight excluding hydrogens is 1450 g/mol. The number of fused-ring (bicyclic) bond motifs is 2. The Bertz CT molecular complexity index is 4600. The van der Waals surface area contributed by atoms with Gasteiger partial charge in [-0.2, -0.15) is 0 Å². The number of benzene rings is 6. The third kappa shape index (κ3) is 14.2. The maximum Gasteiger partial charge on any atom is 0.505 e. The lowest BCUT2D eigenvalue weighted by molar-refractivity contribution is 0.00578. The first-order valence-corrected chi connectivity index (χ1v) is 38.1. The van der Waals surface area contributed by atoms with Gasteiger partial charge in [0.2, 0.25) is 0 Å². The van der Waals surface area contributed by atoms with E-state index in [4.69, 9.17) is 47.2 Å². The van der Waals surface area contributed by atoms with Gasteiger partial charge in [0.1, 0.15) is 52.3 Å². The molecule has 12 aromatic rings. The van der Waals surface area contributed by atoms with Gasteiger partial charge in [0, 0.05) is 58.4 Å². The molecule has 98 heavy (non-hydrogen) atoms. The third-order valence-corrected chi connectivity index (χ3v) is 26.0. The Balaban J connectivity index is 0.000000141. The predicted octanol–water partition coefficient (Wildman–Crippen LogP) is 22.4. The Kier molecular flexibility index (Phi) is 20.8. The molecule has 0 saturated carbocycles. The average molecular weight is 1530 g/mol. The Morgan fingerprint density at radius 3 is 1.08 bits per heavy atom. The van der Waals surface area contributed by atoms with Crippen molar-refractivity contribution in [2.24, 2.45) is 0 Å². The van der Waals surface area contributed by atoms with Gasteiger partial charge in [-0.1, -0.05) is 24.3 Å². The number of hydrogen-bond donors (Lipinski definition) is 0. The molecule has 0 aliphatic carbocycles. The first-order valence-electron chi connectivity index (χ1n) is 32.0. The maximum atomic E-state index is 6.27. The lowest BCUT2D eigenvalue weighted by atomic mass is 9.85. The fraction of sp³-hybridized carbons (Fsp3) is 0.231. The highest BCUT2D eigenvalue weighted by molar-refractivity contribution is 14.1. The first-order chi connectivity index (χ1) is 47.4. The number of thiophene rings is 6. The van der Waals surface area contributed by atoms with Gasteiger partial charge < -0.3 is 57.0 Å². The standard InChI is InChI=1S/C36H31NO4S3.C26H22INO4S.C16H21BO2S2/c1-22-17-20-42-33(22)30-21-23(2)34(43-30)36-32-31(40-18-19-41-32)35(44-36)24-5-7-25(8-6-24)37(26-9-13-28(38-3)14-10-26)27-11-15-29(39-4)16-12-27;1-29-21-11-7-19(8-12-21)28(20-9-13-22(30-2)14-10-20)18-5-3-17(4-6-18)25-23-24(26(27)33-25)32-16-15-31-23;1-10-7-8-20-13(10)12-9-11(2)14(21-12)17-18-15(3,4)16(5,6)19-17/h5-17,20-21H,18-19H2,1-4H3;3-14H,15-16H2,1-2H3;7-9H,1-6H3. The number of rotatable bonds is 16. The van der Waals surface area contributed by atoms with Gasteiger partial charge in [0.25, 0.3) is 0 Å². The molecule has 1 fully saturated rings. The molecule has 6 aromatic carbocycles. The number of ether oxygens (including phenoxy) is 8. The van der Waals surface area contributed by atoms with Gasteiger partial charge >= 0.3 is 7.12 Å². The highest BCUT2D eigenvalue weighted by Crippen LogP contribution is 2.57. The van der Waals surface area contributed by atoms with E-state index in [0.29, 0.717) is 26.4 Å². The number of nitrogens with zero attached hydrogens (tertiary/aromatic N) is 2. The fourth-order valence-electron chi connectivity index (χ4n) is 11.6. The molecule has 0 unspecified atom stereocenters. The normalized spacial score (nSPS) is 14.0. The highest BCUT2D eigenvalue weighted by atomic mass is 127. The molecule has 15 rings (SSSR count). The summed E-state index contributed by atoms with van der Waals surface area (Å²) in [6, 6.07) is 58.4. The van der Waals surface area contributed by atoms with Gasteiger partial charge in [0.15, 0.2) is 23.0 Å². The summed E-state index contributed by atoms with van der Waals surface area (Å²) in [6.07, 6.45) is 0. The van der Waals surface area contributed by atoms with E-state index in [-0.39, 0.29) is 18.3 Å². The minimum Gasteiger partial charge on any atom is -0.497 e. The minimum atomic E-state index is -0.285. The van der Waals surface area contributed by atoms with Crippen LogP contribution >= 0.6 is 90.6 Å². The molecule has 20 heteroatoms. The van der Waals surface area contributed by atoms with Crippen molar-refractivity contribution in [1.29, 1.82) is 0 Å². The molecule has 0 bridgehead atoms. The van der Waals surface area contributed by atoms with E-state index in [0.717, 1.165) is 109 Å². The van der Waals surface area contributed by atoms with Crippen LogP contribution < -0.4 is 52.5 Å². The molecule has 3 aliphatic heterocycles. The number of hydrogen-bond acceptors (Lipinski definition) is 18. The summed E-state index contributed by atoms with van der Waals surface area (Å²) < 4.78 is 60.5. The third-order valence-electron chi connectivity index (χ3n) is 17.6. The van der Waals surface area contributed by atoms with Crippen LogP contribution in [0.15, 0.2) is 181 Å². The van der Waals surface area contributed by atoms with Crippen LogP contribution in [-0.2, 0) is 9.31 Å². The molecule has 502 valence electrons. The molecular formula is C78H74BIN2O10S6. The van der Waals surface area contributed by atoms with Gasteiger partial charge in [-0.05, 0) is 268 Å². The molecule has 12 nitrogen and oxygen atoms in total. The van der Waals surface area contributed by atoms with Crippen LogP contribution in [-0.4, -0.2) is 73.2 Å². The quantitative estimate of drug-likeness (QED) is 0.0680. The number of halogens is 1. The van der Waals surface area contributed by atoms with Gasteiger partial charge in [-0.3, -0.25) is 0 Å². The summed E-state index contributed by atoms with van der Waals surface area (Å²) in [4.78, 5) is 14.3. The lowest BCUT2D eigenvalue weighted by Crippen LogP contribution is -2.41. The summed E-state index contributed by atoms with van der Waals surface area (Å²) in [7, 11) is 6.46. The van der Waals surface area contributed by atoms with Crippen molar-refractivity contribution in [3.63, 3.8) is 0 Å². The SMILES string of the molecule is COc1ccc(N(c2ccc(OC)cc2)c2ccc(-c3sc(-c4sc(-c5sccc5C)cc4C)c4c3OCCO4)cc2)cc1.COc1ccc(N(c2ccc(OC)cc2)c2ccc(-c3sc(I)c4c3OCCO4)cc2)cc1.Cc1cc(-c2sccc2C)sc1B1OC(C)(C)C(C)(C)O1. The van der Waals surface area contributed by atoms with Crippen LogP contribution in [0, 0.1) is 30.6 Å². The Morgan fingerprint density at radius 1 is 0.367 bits per heavy atom. The summed E-state index contributed by atoms with van der Waals surface area (Å²) in [5.74, 6) is 6.70. The van der Waals surface area contributed by atoms with E-state index in [1.54, 1.807) is 85.1 Å². The fourth-order valence-corrected chi connectivity index (χ4v) is 19.5. The van der Waals surface area contributed by atoms with Crippen molar-refractivity contribution in [3.05, 3.63) is 206 Å². The van der Waals surface area contributed by atoms with Crippen molar-refractivity contribution in [2.75, 3.05) is 64.7 Å². The minimum absolute atomic E-state index is 0.256. The van der Waals surface area contributed by atoms with E-state index in [2.05, 4.69) is 220 Å². The van der Waals surface area contributed by atoms with Crippen LogP contribution in [0.25, 0.3) is 50.1 Å². The smallest absolute Gasteiger partial charge is 0.497 e. The summed E-state index contributed by atoms with van der Waals surface area (Å²) in [5.41, 5.74) is 13.0. The van der Waals surface area contributed by atoms with Crippen molar-refractivity contribution >= 4 is 137 Å². The molecule has 0 spiro atoms. The highest BCUT2D eigenvalue weighted by Gasteiger charge is 2.52. The molecule has 1 saturated heterocycles. The van der Waals surface area contributed by atoms with E-state index in [1.165, 1.54) is 51.4 Å². The Hall–Kier alpha value is -7.77.